The van der Waals surface area contributed by atoms with E-state index in [1.54, 1.807) is 0 Å². The van der Waals surface area contributed by atoms with Gasteiger partial charge in [0.25, 0.3) is 5.66 Å². The van der Waals surface area contributed by atoms with Crippen molar-refractivity contribution < 1.29 is 13.7 Å². The highest BCUT2D eigenvalue weighted by Gasteiger charge is 2.63. The van der Waals surface area contributed by atoms with Crippen molar-refractivity contribution in [2.24, 2.45) is 4.99 Å². The Morgan fingerprint density at radius 3 is 2.59 bits per heavy atom. The normalized spacial score (nSPS) is 24.1. The van der Waals surface area contributed by atoms with Gasteiger partial charge in [0.15, 0.2) is 5.76 Å². The highest BCUT2D eigenvalue weighted by Crippen LogP contribution is 2.43. The maximum Gasteiger partial charge on any atom is 0.419 e. The van der Waals surface area contributed by atoms with Crippen LogP contribution in [0.1, 0.15) is 25.5 Å². The average Bonchev–Trinajstić information content (AvgIpc) is 3.28. The van der Waals surface area contributed by atoms with Gasteiger partial charge in [-0.2, -0.15) is 0 Å². The van der Waals surface area contributed by atoms with E-state index in [1.165, 1.54) is 0 Å². The molecule has 29 heavy (non-hydrogen) atoms. The number of aliphatic imine (C=N–C) groups is 1. The van der Waals surface area contributed by atoms with Crippen LogP contribution in [-0.4, -0.2) is 62.4 Å². The minimum absolute atomic E-state index is 0.0116. The largest absolute Gasteiger partial charge is 0.452 e. The molecule has 1 aliphatic rings. The molecule has 2 aromatic rings. The SMILES string of the molecule is C=NC1(c2ccc(-c3ccc(Cl)cc3)o2)CNC(=O)[N+]1(CCC)CCCN(C)C. The zero-order chi connectivity index (χ0) is 21.1. The van der Waals surface area contributed by atoms with Gasteiger partial charge < -0.3 is 9.32 Å². The third-order valence-electron chi connectivity index (χ3n) is 5.72. The number of hydrogen-bond acceptors (Lipinski definition) is 4. The Labute approximate surface area is 177 Å². The lowest BCUT2D eigenvalue weighted by atomic mass is 10.0. The van der Waals surface area contributed by atoms with E-state index in [1.807, 2.05) is 50.5 Å². The summed E-state index contributed by atoms with van der Waals surface area (Å²) in [5.74, 6) is 1.39. The van der Waals surface area contributed by atoms with E-state index >= 15 is 0 Å². The Balaban J connectivity index is 2.01. The lowest BCUT2D eigenvalue weighted by Gasteiger charge is -2.41. The molecule has 0 spiro atoms. The molecule has 1 saturated heterocycles. The Morgan fingerprint density at radius 2 is 1.97 bits per heavy atom. The van der Waals surface area contributed by atoms with Crippen LogP contribution in [0.4, 0.5) is 4.79 Å². The quantitative estimate of drug-likeness (QED) is 0.487. The molecule has 3 rings (SSSR count). The Kier molecular flexibility index (Phi) is 6.46. The van der Waals surface area contributed by atoms with Gasteiger partial charge in [-0.25, -0.2) is 14.3 Å². The van der Waals surface area contributed by atoms with E-state index < -0.39 is 5.66 Å². The lowest BCUT2D eigenvalue weighted by molar-refractivity contribution is -0.901. The summed E-state index contributed by atoms with van der Waals surface area (Å²) in [7, 11) is 4.08. The number of nitrogens with zero attached hydrogens (tertiary/aromatic N) is 3. The summed E-state index contributed by atoms with van der Waals surface area (Å²) in [5, 5.41) is 3.71. The Morgan fingerprint density at radius 1 is 1.24 bits per heavy atom. The third kappa shape index (κ3) is 3.84. The Hall–Kier alpha value is -2.15. The van der Waals surface area contributed by atoms with E-state index in [4.69, 9.17) is 16.0 Å². The van der Waals surface area contributed by atoms with Gasteiger partial charge in [0.1, 0.15) is 12.3 Å². The van der Waals surface area contributed by atoms with Gasteiger partial charge in [-0.05, 0) is 63.6 Å². The van der Waals surface area contributed by atoms with Crippen LogP contribution in [0.5, 0.6) is 0 Å². The third-order valence-corrected chi connectivity index (χ3v) is 5.98. The van der Waals surface area contributed by atoms with E-state index in [0.717, 1.165) is 30.7 Å². The zero-order valence-electron chi connectivity index (χ0n) is 17.4. The molecule has 2 atom stereocenters. The molecule has 2 amide bonds. The van der Waals surface area contributed by atoms with Crippen LogP contribution in [0.25, 0.3) is 11.3 Å². The molecule has 2 unspecified atom stereocenters. The van der Waals surface area contributed by atoms with Crippen LogP contribution in [0, 0.1) is 0 Å². The van der Waals surface area contributed by atoms with Crippen LogP contribution in [-0.2, 0) is 5.66 Å². The number of rotatable bonds is 9. The molecule has 2 heterocycles. The van der Waals surface area contributed by atoms with Gasteiger partial charge in [0, 0.05) is 23.6 Å². The molecule has 156 valence electrons. The highest BCUT2D eigenvalue weighted by atomic mass is 35.5. The van der Waals surface area contributed by atoms with Crippen LogP contribution < -0.4 is 5.32 Å². The van der Waals surface area contributed by atoms with Crippen LogP contribution in [0.15, 0.2) is 45.8 Å². The number of benzene rings is 1. The molecule has 1 aromatic heterocycles. The standard InChI is InChI=1S/C22H29ClN4O2/c1-5-14-27(15-6-13-26(3)4)21(28)25-16-22(27,24-2)20-12-11-19(29-20)17-7-9-18(23)10-8-17/h7-12H,2,5-6,13-16H2,1,3-4H3/p+1. The van der Waals surface area contributed by atoms with Crippen molar-refractivity contribution in [2.45, 2.75) is 25.4 Å². The number of nitrogens with one attached hydrogen (secondary N) is 1. The highest BCUT2D eigenvalue weighted by molar-refractivity contribution is 6.30. The molecular formula is C22H30ClN4O2+. The molecule has 1 N–H and O–H groups in total. The molecule has 0 bridgehead atoms. The first-order chi connectivity index (χ1) is 13.9. The van der Waals surface area contributed by atoms with Crippen molar-refractivity contribution in [1.82, 2.24) is 10.2 Å². The number of hydrogen-bond donors (Lipinski definition) is 1. The maximum atomic E-state index is 13.1. The van der Waals surface area contributed by atoms with Crippen molar-refractivity contribution in [1.29, 1.82) is 0 Å². The fourth-order valence-electron chi connectivity index (χ4n) is 4.28. The number of carbonyl (C=O) groups is 1. The first kappa shape index (κ1) is 21.6. The van der Waals surface area contributed by atoms with E-state index in [9.17, 15) is 4.79 Å². The first-order valence-corrected chi connectivity index (χ1v) is 10.4. The summed E-state index contributed by atoms with van der Waals surface area (Å²) in [5.41, 5.74) is 0.0581. The number of furan rings is 1. The van der Waals surface area contributed by atoms with Crippen LogP contribution in [0.2, 0.25) is 5.02 Å². The maximum absolute atomic E-state index is 13.1. The van der Waals surface area contributed by atoms with Crippen molar-refractivity contribution >= 4 is 24.3 Å². The number of carbonyl (C=O) groups excluding carboxylic acids is 1. The monoisotopic (exact) mass is 417 g/mol. The smallest absolute Gasteiger partial charge is 0.419 e. The van der Waals surface area contributed by atoms with Gasteiger partial charge in [0.05, 0.1) is 13.1 Å². The molecule has 0 radical (unpaired) electrons. The minimum Gasteiger partial charge on any atom is -0.452 e. The van der Waals surface area contributed by atoms with Crippen LogP contribution >= 0.6 is 11.6 Å². The summed E-state index contributed by atoms with van der Waals surface area (Å²) < 4.78 is 6.46. The first-order valence-electron chi connectivity index (χ1n) is 10.0. The van der Waals surface area contributed by atoms with Gasteiger partial charge in [0.2, 0.25) is 0 Å². The summed E-state index contributed by atoms with van der Waals surface area (Å²) in [4.78, 5) is 19.8. The molecule has 0 saturated carbocycles. The second kappa shape index (κ2) is 8.69. The van der Waals surface area contributed by atoms with Crippen molar-refractivity contribution in [3.63, 3.8) is 0 Å². The molecule has 1 fully saturated rings. The van der Waals surface area contributed by atoms with Gasteiger partial charge in [-0.1, -0.05) is 18.5 Å². The molecule has 1 aromatic carbocycles. The van der Waals surface area contributed by atoms with E-state index in [0.29, 0.717) is 30.4 Å². The predicted molar refractivity (Wildman–Crippen MR) is 117 cm³/mol. The second-order valence-electron chi connectivity index (χ2n) is 7.88. The molecule has 7 heteroatoms. The summed E-state index contributed by atoms with van der Waals surface area (Å²) in [6.07, 6.45) is 1.74. The van der Waals surface area contributed by atoms with Crippen molar-refractivity contribution in [2.75, 3.05) is 40.3 Å². The Bertz CT molecular complexity index is 864. The fraction of sp³-hybridized carbons (Fsp3) is 0.455. The van der Waals surface area contributed by atoms with Crippen LogP contribution in [0.3, 0.4) is 0 Å². The topological polar surface area (TPSA) is 57.8 Å². The summed E-state index contributed by atoms with van der Waals surface area (Å²) in [6.45, 7) is 8.62. The summed E-state index contributed by atoms with van der Waals surface area (Å²) >= 11 is 6.01. The van der Waals surface area contributed by atoms with E-state index in [2.05, 4.69) is 28.9 Å². The molecule has 1 aliphatic heterocycles. The zero-order valence-corrected chi connectivity index (χ0v) is 18.2. The number of urea groups is 1. The van der Waals surface area contributed by atoms with Gasteiger partial charge in [-0.3, -0.25) is 5.32 Å². The molecule has 6 nitrogen and oxygen atoms in total. The molecular weight excluding hydrogens is 388 g/mol. The predicted octanol–water partition coefficient (Wildman–Crippen LogP) is 4.36. The van der Waals surface area contributed by atoms with Crippen molar-refractivity contribution in [3.8, 4) is 11.3 Å². The number of quaternary nitrogens is 1. The average molecular weight is 418 g/mol. The lowest BCUT2D eigenvalue weighted by Crippen LogP contribution is -2.62. The van der Waals surface area contributed by atoms with Gasteiger partial charge >= 0.3 is 6.03 Å². The van der Waals surface area contributed by atoms with E-state index in [-0.39, 0.29) is 10.5 Å². The molecule has 0 aliphatic carbocycles. The number of halogens is 1. The minimum atomic E-state index is -0.871. The number of amides is 2. The summed E-state index contributed by atoms with van der Waals surface area (Å²) in [6, 6.07) is 11.3. The fourth-order valence-corrected chi connectivity index (χ4v) is 4.41. The van der Waals surface area contributed by atoms with Gasteiger partial charge in [-0.15, -0.1) is 0 Å². The van der Waals surface area contributed by atoms with Crippen molar-refractivity contribution in [3.05, 3.63) is 47.2 Å². The second-order valence-corrected chi connectivity index (χ2v) is 8.31.